The summed E-state index contributed by atoms with van der Waals surface area (Å²) in [4.78, 5) is 0. The summed E-state index contributed by atoms with van der Waals surface area (Å²) in [5.41, 5.74) is 2.55. The van der Waals surface area contributed by atoms with Crippen molar-refractivity contribution in [1.29, 1.82) is 0 Å². The van der Waals surface area contributed by atoms with Gasteiger partial charge in [-0.15, -0.1) is 0 Å². The number of fused-ring (bicyclic) bond motifs is 1. The lowest BCUT2D eigenvalue weighted by molar-refractivity contribution is 0.271. The zero-order valence-corrected chi connectivity index (χ0v) is 11.9. The molecule has 1 N–H and O–H groups in total. The maximum Gasteiger partial charge on any atom is 0.0706 e. The van der Waals surface area contributed by atoms with Crippen LogP contribution in [-0.4, -0.2) is 22.9 Å². The molecule has 2 atom stereocenters. The van der Waals surface area contributed by atoms with Crippen molar-refractivity contribution in [1.82, 2.24) is 15.1 Å². The first-order valence-corrected chi connectivity index (χ1v) is 7.44. The third kappa shape index (κ3) is 2.39. The lowest BCUT2D eigenvalue weighted by Gasteiger charge is -2.29. The number of hydrogen-bond acceptors (Lipinski definition) is 2. The topological polar surface area (TPSA) is 29.9 Å². The molecular formula is C16H23N3. The minimum Gasteiger partial charge on any atom is -0.316 e. The zero-order valence-electron chi connectivity index (χ0n) is 11.9. The Bertz CT molecular complexity index is 558. The normalized spacial score (nSPS) is 23.9. The van der Waals surface area contributed by atoms with Gasteiger partial charge in [0.1, 0.15) is 0 Å². The number of nitrogens with zero attached hydrogens (tertiary/aromatic N) is 2. The van der Waals surface area contributed by atoms with Gasteiger partial charge in [-0.05, 0) is 50.8 Å². The average Bonchev–Trinajstić information content (AvgIpc) is 2.80. The monoisotopic (exact) mass is 257 g/mol. The summed E-state index contributed by atoms with van der Waals surface area (Å²) in [5, 5.41) is 9.68. The molecule has 1 aromatic carbocycles. The fourth-order valence-electron chi connectivity index (χ4n) is 3.16. The fourth-order valence-corrected chi connectivity index (χ4v) is 3.16. The molecule has 1 aliphatic rings. The van der Waals surface area contributed by atoms with Gasteiger partial charge in [-0.2, -0.15) is 5.10 Å². The van der Waals surface area contributed by atoms with Crippen molar-refractivity contribution in [2.75, 3.05) is 13.1 Å². The Kier molecular flexibility index (Phi) is 3.56. The Morgan fingerprint density at radius 3 is 3.00 bits per heavy atom. The van der Waals surface area contributed by atoms with Gasteiger partial charge in [-0.3, -0.25) is 4.68 Å². The third-order valence-electron chi connectivity index (χ3n) is 4.48. The van der Waals surface area contributed by atoms with E-state index in [1.165, 1.54) is 29.6 Å². The van der Waals surface area contributed by atoms with E-state index in [9.17, 15) is 0 Å². The first kappa shape index (κ1) is 12.7. The highest BCUT2D eigenvalue weighted by Crippen LogP contribution is 2.26. The number of nitrogens with one attached hydrogen (secondary N) is 1. The van der Waals surface area contributed by atoms with Crippen LogP contribution in [0.5, 0.6) is 0 Å². The molecule has 3 heteroatoms. The van der Waals surface area contributed by atoms with Crippen molar-refractivity contribution in [2.24, 2.45) is 11.8 Å². The van der Waals surface area contributed by atoms with Gasteiger partial charge in [0.25, 0.3) is 0 Å². The van der Waals surface area contributed by atoms with E-state index in [0.717, 1.165) is 31.3 Å². The van der Waals surface area contributed by atoms with Crippen molar-refractivity contribution in [2.45, 2.75) is 33.2 Å². The van der Waals surface area contributed by atoms with Crippen molar-refractivity contribution in [3.8, 4) is 0 Å². The molecule has 0 saturated carbocycles. The molecule has 3 nitrogen and oxygen atoms in total. The summed E-state index contributed by atoms with van der Waals surface area (Å²) in [6.45, 7) is 7.79. The van der Waals surface area contributed by atoms with Gasteiger partial charge < -0.3 is 5.32 Å². The molecule has 1 fully saturated rings. The Hall–Kier alpha value is -1.35. The lowest BCUT2D eigenvalue weighted by atomic mass is 9.84. The van der Waals surface area contributed by atoms with Crippen LogP contribution < -0.4 is 5.32 Å². The van der Waals surface area contributed by atoms with Crippen LogP contribution in [0.1, 0.15) is 26.0 Å². The Morgan fingerprint density at radius 1 is 1.37 bits per heavy atom. The number of aryl methyl sites for hydroxylation is 1. The molecule has 0 radical (unpaired) electrons. The van der Waals surface area contributed by atoms with E-state index in [-0.39, 0.29) is 0 Å². The van der Waals surface area contributed by atoms with E-state index in [0.29, 0.717) is 0 Å². The molecule has 3 rings (SSSR count). The van der Waals surface area contributed by atoms with Crippen LogP contribution in [0.15, 0.2) is 24.3 Å². The second kappa shape index (κ2) is 5.33. The standard InChI is InChI=1S/C16H23N3/c1-3-19-16-7-5-4-6-14(16)15(18-19)10-13-11-17-9-8-12(13)2/h4-7,12-13,17H,3,8-11H2,1-2H3. The van der Waals surface area contributed by atoms with E-state index in [4.69, 9.17) is 5.10 Å². The molecule has 0 bridgehead atoms. The quantitative estimate of drug-likeness (QED) is 0.916. The van der Waals surface area contributed by atoms with Crippen molar-refractivity contribution < 1.29 is 0 Å². The van der Waals surface area contributed by atoms with Crippen molar-refractivity contribution >= 4 is 10.9 Å². The second-order valence-corrected chi connectivity index (χ2v) is 5.71. The Balaban J connectivity index is 1.92. The summed E-state index contributed by atoms with van der Waals surface area (Å²) in [6.07, 6.45) is 2.39. The molecule has 1 aliphatic heterocycles. The molecule has 0 aliphatic carbocycles. The Labute approximate surface area is 115 Å². The first-order chi connectivity index (χ1) is 9.29. The number of hydrogen-bond donors (Lipinski definition) is 1. The number of rotatable bonds is 3. The van der Waals surface area contributed by atoms with Crippen LogP contribution in [0.25, 0.3) is 10.9 Å². The summed E-state index contributed by atoms with van der Waals surface area (Å²) >= 11 is 0. The molecule has 19 heavy (non-hydrogen) atoms. The van der Waals surface area contributed by atoms with Crippen LogP contribution in [0.4, 0.5) is 0 Å². The Morgan fingerprint density at radius 2 is 2.21 bits per heavy atom. The molecule has 102 valence electrons. The van der Waals surface area contributed by atoms with Gasteiger partial charge in [-0.25, -0.2) is 0 Å². The smallest absolute Gasteiger partial charge is 0.0706 e. The maximum atomic E-state index is 4.83. The molecule has 2 heterocycles. The average molecular weight is 257 g/mol. The van der Waals surface area contributed by atoms with E-state index in [1.54, 1.807) is 0 Å². The number of benzene rings is 1. The van der Waals surface area contributed by atoms with Gasteiger partial charge in [-0.1, -0.05) is 25.1 Å². The van der Waals surface area contributed by atoms with Gasteiger partial charge in [0, 0.05) is 11.9 Å². The molecule has 2 aromatic rings. The van der Waals surface area contributed by atoms with Gasteiger partial charge in [0.05, 0.1) is 11.2 Å². The van der Waals surface area contributed by atoms with E-state index >= 15 is 0 Å². The van der Waals surface area contributed by atoms with E-state index in [1.807, 2.05) is 0 Å². The highest BCUT2D eigenvalue weighted by molar-refractivity contribution is 5.81. The molecule has 1 saturated heterocycles. The molecular weight excluding hydrogens is 234 g/mol. The number of aromatic nitrogens is 2. The largest absolute Gasteiger partial charge is 0.316 e. The van der Waals surface area contributed by atoms with Crippen LogP contribution in [0, 0.1) is 11.8 Å². The van der Waals surface area contributed by atoms with Crippen LogP contribution in [-0.2, 0) is 13.0 Å². The molecule has 2 unspecified atom stereocenters. The van der Waals surface area contributed by atoms with Crippen LogP contribution in [0.2, 0.25) is 0 Å². The van der Waals surface area contributed by atoms with Crippen LogP contribution >= 0.6 is 0 Å². The maximum absolute atomic E-state index is 4.83. The predicted molar refractivity (Wildman–Crippen MR) is 79.3 cm³/mol. The molecule has 0 amide bonds. The van der Waals surface area contributed by atoms with Crippen molar-refractivity contribution in [3.63, 3.8) is 0 Å². The first-order valence-electron chi connectivity index (χ1n) is 7.44. The molecule has 1 aromatic heterocycles. The number of para-hydroxylation sites is 1. The fraction of sp³-hybridized carbons (Fsp3) is 0.562. The highest BCUT2D eigenvalue weighted by atomic mass is 15.3. The van der Waals surface area contributed by atoms with Gasteiger partial charge >= 0.3 is 0 Å². The highest BCUT2D eigenvalue weighted by Gasteiger charge is 2.23. The zero-order chi connectivity index (χ0) is 13.2. The second-order valence-electron chi connectivity index (χ2n) is 5.71. The SMILES string of the molecule is CCn1nc(CC2CNCCC2C)c2ccccc21. The van der Waals surface area contributed by atoms with Gasteiger partial charge in [0.2, 0.25) is 0 Å². The lowest BCUT2D eigenvalue weighted by Crippen LogP contribution is -2.36. The number of piperidine rings is 1. The summed E-state index contributed by atoms with van der Waals surface area (Å²) in [6, 6.07) is 8.61. The summed E-state index contributed by atoms with van der Waals surface area (Å²) < 4.78 is 2.13. The minimum absolute atomic E-state index is 0.720. The predicted octanol–water partition coefficient (Wildman–Crippen LogP) is 2.84. The van der Waals surface area contributed by atoms with E-state index < -0.39 is 0 Å². The van der Waals surface area contributed by atoms with Gasteiger partial charge in [0.15, 0.2) is 0 Å². The van der Waals surface area contributed by atoms with E-state index in [2.05, 4.69) is 48.1 Å². The summed E-state index contributed by atoms with van der Waals surface area (Å²) in [5.74, 6) is 1.52. The van der Waals surface area contributed by atoms with Crippen molar-refractivity contribution in [3.05, 3.63) is 30.0 Å². The third-order valence-corrected chi connectivity index (χ3v) is 4.48. The summed E-state index contributed by atoms with van der Waals surface area (Å²) in [7, 11) is 0. The molecule has 0 spiro atoms. The minimum atomic E-state index is 0.720. The van der Waals surface area contributed by atoms with Crippen LogP contribution in [0.3, 0.4) is 0 Å².